The van der Waals surface area contributed by atoms with Crippen LogP contribution in [0.4, 0.5) is 22.7 Å². The molecule has 1 aliphatic carbocycles. The molecule has 0 spiro atoms. The fraction of sp³-hybridized carbons (Fsp3) is 0.349. The largest absolute Gasteiger partial charge is 0.376 e. The molecule has 0 aromatic heterocycles. The zero-order valence-corrected chi connectivity index (χ0v) is 28.4. The first-order valence-corrected chi connectivity index (χ1v) is 17.5. The summed E-state index contributed by atoms with van der Waals surface area (Å²) >= 11 is 0. The van der Waals surface area contributed by atoms with Crippen LogP contribution in [0.5, 0.6) is 0 Å². The van der Waals surface area contributed by atoms with Crippen LogP contribution in [0, 0.1) is 0 Å². The monoisotopic (exact) mass is 598 g/mol. The van der Waals surface area contributed by atoms with E-state index in [1.54, 1.807) is 5.56 Å². The Morgan fingerprint density at radius 2 is 1.41 bits per heavy atom. The van der Waals surface area contributed by atoms with Crippen molar-refractivity contribution in [2.75, 3.05) is 9.71 Å². The summed E-state index contributed by atoms with van der Waals surface area (Å²) in [6.45, 7) is 17.4. The maximum absolute atomic E-state index is 2.90. The topological polar surface area (TPSA) is 6.48 Å². The summed E-state index contributed by atoms with van der Waals surface area (Å²) in [6.07, 6.45) is 5.04. The maximum atomic E-state index is 2.90. The molecule has 0 bridgehead atoms. The Labute approximate surface area is 274 Å². The van der Waals surface area contributed by atoms with Crippen molar-refractivity contribution in [2.45, 2.75) is 95.9 Å². The lowest BCUT2D eigenvalue weighted by molar-refractivity contribution is 0.195. The number of benzene rings is 5. The van der Waals surface area contributed by atoms with E-state index >= 15 is 0 Å². The predicted octanol–water partition coefficient (Wildman–Crippen LogP) is 9.76. The Morgan fingerprint density at radius 3 is 2.24 bits per heavy atom. The van der Waals surface area contributed by atoms with Gasteiger partial charge in [-0.3, -0.25) is 0 Å². The van der Waals surface area contributed by atoms with Crippen LogP contribution in [-0.4, -0.2) is 12.4 Å². The smallest absolute Gasteiger partial charge is 0.333 e. The minimum Gasteiger partial charge on any atom is -0.376 e. The first-order chi connectivity index (χ1) is 22.0. The van der Waals surface area contributed by atoms with E-state index in [-0.39, 0.29) is 28.6 Å². The third-order valence-electron chi connectivity index (χ3n) is 13.3. The molecule has 2 nitrogen and oxygen atoms in total. The third-order valence-corrected chi connectivity index (χ3v) is 13.3. The lowest BCUT2D eigenvalue weighted by Gasteiger charge is -2.54. The van der Waals surface area contributed by atoms with Crippen LogP contribution < -0.4 is 20.6 Å². The van der Waals surface area contributed by atoms with E-state index in [1.165, 1.54) is 97.9 Å². The Balaban J connectivity index is 1.44. The van der Waals surface area contributed by atoms with Gasteiger partial charge in [-0.05, 0) is 81.4 Å². The Kier molecular flexibility index (Phi) is 4.90. The van der Waals surface area contributed by atoms with Crippen LogP contribution >= 0.6 is 0 Å². The van der Waals surface area contributed by atoms with Crippen molar-refractivity contribution in [1.82, 2.24) is 0 Å². The molecule has 4 heterocycles. The second-order valence-corrected chi connectivity index (χ2v) is 16.9. The zero-order chi connectivity index (χ0) is 31.5. The fourth-order valence-corrected chi connectivity index (χ4v) is 10.6. The Bertz CT molecular complexity index is 2190. The molecule has 0 amide bonds. The highest BCUT2D eigenvalue weighted by Crippen LogP contribution is 2.64. The number of fused-ring (bicyclic) bond motifs is 11. The molecular formula is C43H43BN2. The summed E-state index contributed by atoms with van der Waals surface area (Å²) in [5.41, 5.74) is 17.5. The standard InChI is InChI=1S/C43H43BN2/c1-40(2,3)27-24-33-39-34(25-27)44-36-30(29-17-14-19-32-37(29)46(44)35-20-11-10-18-31(35)41(32,4)5)23-26-15-8-9-16-28(26)38(36)45(39)43(7)22-13-12-21-42(33,43)6/h8-11,14-20,23-25H,12-13,21-22H2,1-7H3. The first kappa shape index (κ1) is 27.2. The molecule has 1 fully saturated rings. The summed E-state index contributed by atoms with van der Waals surface area (Å²) in [4.78, 5) is 5.67. The molecule has 10 rings (SSSR count). The average Bonchev–Trinajstić information content (AvgIpc) is 3.25. The van der Waals surface area contributed by atoms with Crippen molar-refractivity contribution in [3.8, 4) is 11.1 Å². The molecule has 0 N–H and O–H groups in total. The van der Waals surface area contributed by atoms with Gasteiger partial charge < -0.3 is 9.71 Å². The number of para-hydroxylation sites is 2. The minimum atomic E-state index is -0.0958. The maximum Gasteiger partial charge on any atom is 0.333 e. The normalized spacial score (nSPS) is 24.3. The quantitative estimate of drug-likeness (QED) is 0.164. The fourth-order valence-electron chi connectivity index (χ4n) is 10.6. The SMILES string of the molecule is CC(C)(C)c1cc2c3c(c1)C1(C)CCCCC1(C)N3c1c3c(cc4ccccc14)-c1cccc4c1N(B23)c1ccccc1C4(C)C. The van der Waals surface area contributed by atoms with E-state index in [0.29, 0.717) is 0 Å². The van der Waals surface area contributed by atoms with E-state index < -0.39 is 0 Å². The third kappa shape index (κ3) is 2.94. The van der Waals surface area contributed by atoms with E-state index in [2.05, 4.69) is 143 Å². The molecule has 5 aromatic carbocycles. The van der Waals surface area contributed by atoms with Crippen molar-refractivity contribution in [1.29, 1.82) is 0 Å². The summed E-state index contributed by atoms with van der Waals surface area (Å²) in [5, 5.41) is 2.74. The van der Waals surface area contributed by atoms with Crippen LogP contribution in [0.3, 0.4) is 0 Å². The van der Waals surface area contributed by atoms with Crippen LogP contribution in [0.1, 0.15) is 96.4 Å². The summed E-state index contributed by atoms with van der Waals surface area (Å²) in [7, 11) is 0. The van der Waals surface area contributed by atoms with E-state index in [9.17, 15) is 0 Å². The van der Waals surface area contributed by atoms with E-state index in [4.69, 9.17) is 0 Å². The van der Waals surface area contributed by atoms with Gasteiger partial charge in [-0.15, -0.1) is 0 Å². The lowest BCUT2D eigenvalue weighted by Crippen LogP contribution is -2.65. The van der Waals surface area contributed by atoms with Crippen molar-refractivity contribution < 1.29 is 0 Å². The summed E-state index contributed by atoms with van der Waals surface area (Å²) < 4.78 is 0. The molecule has 3 heteroatoms. The van der Waals surface area contributed by atoms with Gasteiger partial charge in [0.05, 0.1) is 5.54 Å². The van der Waals surface area contributed by atoms with Crippen molar-refractivity contribution in [2.24, 2.45) is 0 Å². The van der Waals surface area contributed by atoms with Gasteiger partial charge in [0.1, 0.15) is 0 Å². The van der Waals surface area contributed by atoms with Gasteiger partial charge in [-0.25, -0.2) is 0 Å². The number of anilines is 4. The second-order valence-electron chi connectivity index (χ2n) is 16.9. The molecule has 5 aliphatic rings. The summed E-state index contributed by atoms with van der Waals surface area (Å²) in [6, 6.07) is 33.4. The minimum absolute atomic E-state index is 0.00558. The molecule has 1 saturated carbocycles. The first-order valence-electron chi connectivity index (χ1n) is 17.5. The van der Waals surface area contributed by atoms with Gasteiger partial charge in [0, 0.05) is 44.5 Å². The van der Waals surface area contributed by atoms with E-state index in [1.807, 2.05) is 0 Å². The highest BCUT2D eigenvalue weighted by atomic mass is 15.3. The van der Waals surface area contributed by atoms with Crippen molar-refractivity contribution in [3.05, 3.63) is 107 Å². The van der Waals surface area contributed by atoms with Gasteiger partial charge >= 0.3 is 6.85 Å². The van der Waals surface area contributed by atoms with Crippen LogP contribution in [-0.2, 0) is 16.2 Å². The number of nitrogens with zero attached hydrogens (tertiary/aromatic N) is 2. The molecule has 46 heavy (non-hydrogen) atoms. The average molecular weight is 599 g/mol. The Morgan fingerprint density at radius 1 is 0.674 bits per heavy atom. The Hall–Kier alpha value is -3.98. The molecule has 2 atom stereocenters. The molecule has 4 aliphatic heterocycles. The zero-order valence-electron chi connectivity index (χ0n) is 28.4. The predicted molar refractivity (Wildman–Crippen MR) is 197 cm³/mol. The molecule has 2 unspecified atom stereocenters. The highest BCUT2D eigenvalue weighted by Gasteiger charge is 2.62. The molecule has 0 saturated heterocycles. The number of rotatable bonds is 0. The molecule has 5 aromatic rings. The summed E-state index contributed by atoms with van der Waals surface area (Å²) in [5.74, 6) is 0. The van der Waals surface area contributed by atoms with Crippen LogP contribution in [0.25, 0.3) is 21.9 Å². The lowest BCUT2D eigenvalue weighted by atomic mass is 9.42. The van der Waals surface area contributed by atoms with Gasteiger partial charge in [0.2, 0.25) is 0 Å². The van der Waals surface area contributed by atoms with Crippen LogP contribution in [0.15, 0.2) is 84.9 Å². The van der Waals surface area contributed by atoms with Gasteiger partial charge in [-0.1, -0.05) is 127 Å². The van der Waals surface area contributed by atoms with Crippen LogP contribution in [0.2, 0.25) is 0 Å². The number of hydrogen-bond acceptors (Lipinski definition) is 2. The van der Waals surface area contributed by atoms with E-state index in [0.717, 1.165) is 0 Å². The van der Waals surface area contributed by atoms with Gasteiger partial charge in [0.15, 0.2) is 0 Å². The van der Waals surface area contributed by atoms with Crippen molar-refractivity contribution in [3.63, 3.8) is 0 Å². The van der Waals surface area contributed by atoms with Crippen molar-refractivity contribution >= 4 is 51.3 Å². The molecular weight excluding hydrogens is 555 g/mol. The molecule has 0 radical (unpaired) electrons. The number of hydrogen-bond donors (Lipinski definition) is 0. The second kappa shape index (κ2) is 8.29. The van der Waals surface area contributed by atoms with Gasteiger partial charge in [0.25, 0.3) is 0 Å². The highest BCUT2D eigenvalue weighted by molar-refractivity contribution is 6.94. The molecule has 228 valence electrons. The van der Waals surface area contributed by atoms with Gasteiger partial charge in [-0.2, -0.15) is 0 Å².